The van der Waals surface area contributed by atoms with Gasteiger partial charge in [-0.25, -0.2) is 9.67 Å². The van der Waals surface area contributed by atoms with Gasteiger partial charge in [-0.15, -0.1) is 0 Å². The summed E-state index contributed by atoms with van der Waals surface area (Å²) in [5, 5.41) is 4.25. The van der Waals surface area contributed by atoms with Gasteiger partial charge < -0.3 is 9.30 Å². The van der Waals surface area contributed by atoms with Gasteiger partial charge in [-0.1, -0.05) is 0 Å². The lowest BCUT2D eigenvalue weighted by molar-refractivity contribution is 0.415. The fraction of sp³-hybridized carbons (Fsp3) is 0.118. The van der Waals surface area contributed by atoms with Crippen LogP contribution in [0.4, 0.5) is 0 Å². The Bertz CT molecular complexity index is 972. The molecule has 0 saturated heterocycles. The highest BCUT2D eigenvalue weighted by molar-refractivity contribution is 5.81. The molecule has 114 valence electrons. The van der Waals surface area contributed by atoms with Crippen molar-refractivity contribution in [2.45, 2.75) is 0 Å². The van der Waals surface area contributed by atoms with E-state index in [-0.39, 0.29) is 0 Å². The Morgan fingerprint density at radius 1 is 1.13 bits per heavy atom. The monoisotopic (exact) mass is 305 g/mol. The lowest BCUT2D eigenvalue weighted by atomic mass is 10.1. The molecule has 0 unspecified atom stereocenters. The molecule has 0 aliphatic rings. The van der Waals surface area contributed by atoms with Crippen molar-refractivity contribution in [2.24, 2.45) is 7.05 Å². The number of imidazole rings is 1. The van der Waals surface area contributed by atoms with Crippen molar-refractivity contribution in [1.82, 2.24) is 24.3 Å². The van der Waals surface area contributed by atoms with Crippen molar-refractivity contribution in [3.63, 3.8) is 0 Å². The molecule has 3 aromatic heterocycles. The second-order valence-electron chi connectivity index (χ2n) is 5.19. The average molecular weight is 305 g/mol. The molecule has 0 amide bonds. The highest BCUT2D eigenvalue weighted by atomic mass is 16.5. The van der Waals surface area contributed by atoms with E-state index in [0.717, 1.165) is 33.9 Å². The van der Waals surface area contributed by atoms with Gasteiger partial charge in [0.2, 0.25) is 0 Å². The lowest BCUT2D eigenvalue weighted by Gasteiger charge is -2.11. The molecule has 4 rings (SSSR count). The zero-order valence-corrected chi connectivity index (χ0v) is 12.8. The molecule has 0 spiro atoms. The van der Waals surface area contributed by atoms with Gasteiger partial charge >= 0.3 is 0 Å². The van der Waals surface area contributed by atoms with Crippen LogP contribution >= 0.6 is 0 Å². The van der Waals surface area contributed by atoms with Crippen LogP contribution in [0.2, 0.25) is 0 Å². The van der Waals surface area contributed by atoms with Crippen LogP contribution in [0.15, 0.2) is 55.1 Å². The van der Waals surface area contributed by atoms with Crippen LogP contribution < -0.4 is 4.74 Å². The molecule has 6 heteroatoms. The molecule has 0 aliphatic heterocycles. The SMILES string of the molecule is COc1cc(-n2cccn2)ccc1-c1nc2ccncc2n1C. The fourth-order valence-corrected chi connectivity index (χ4v) is 2.70. The van der Waals surface area contributed by atoms with E-state index in [9.17, 15) is 0 Å². The zero-order valence-electron chi connectivity index (χ0n) is 12.8. The van der Waals surface area contributed by atoms with E-state index in [4.69, 9.17) is 9.72 Å². The second kappa shape index (κ2) is 5.24. The summed E-state index contributed by atoms with van der Waals surface area (Å²) in [4.78, 5) is 8.87. The Kier molecular flexibility index (Phi) is 3.08. The summed E-state index contributed by atoms with van der Waals surface area (Å²) in [6, 6.07) is 9.76. The van der Waals surface area contributed by atoms with E-state index in [1.165, 1.54) is 0 Å². The smallest absolute Gasteiger partial charge is 0.144 e. The number of hydrogen-bond acceptors (Lipinski definition) is 4. The molecule has 0 fully saturated rings. The molecule has 0 atom stereocenters. The summed E-state index contributed by atoms with van der Waals surface area (Å²) < 4.78 is 9.40. The molecule has 4 aromatic rings. The number of benzene rings is 1. The predicted molar refractivity (Wildman–Crippen MR) is 87.6 cm³/mol. The Morgan fingerprint density at radius 3 is 2.78 bits per heavy atom. The van der Waals surface area contributed by atoms with Gasteiger partial charge in [0.1, 0.15) is 11.6 Å². The number of aromatic nitrogens is 5. The molecule has 23 heavy (non-hydrogen) atoms. The quantitative estimate of drug-likeness (QED) is 0.584. The highest BCUT2D eigenvalue weighted by Gasteiger charge is 2.15. The maximum Gasteiger partial charge on any atom is 0.144 e. The number of fused-ring (bicyclic) bond motifs is 1. The van der Waals surface area contributed by atoms with Gasteiger partial charge in [-0.05, 0) is 24.3 Å². The molecule has 0 aliphatic carbocycles. The van der Waals surface area contributed by atoms with Gasteiger partial charge in [0.15, 0.2) is 0 Å². The first-order valence-electron chi connectivity index (χ1n) is 7.23. The van der Waals surface area contributed by atoms with Crippen LogP contribution in [0, 0.1) is 0 Å². The first-order chi connectivity index (χ1) is 11.3. The molecule has 0 saturated carbocycles. The number of pyridine rings is 1. The predicted octanol–water partition coefficient (Wildman–Crippen LogP) is 2.83. The minimum atomic E-state index is 0.754. The third-order valence-corrected chi connectivity index (χ3v) is 3.88. The van der Waals surface area contributed by atoms with Crippen LogP contribution in [0.25, 0.3) is 28.1 Å². The molecule has 0 N–H and O–H groups in total. The normalized spacial score (nSPS) is 11.0. The van der Waals surface area contributed by atoms with E-state index in [0.29, 0.717) is 0 Å². The topological polar surface area (TPSA) is 57.8 Å². The van der Waals surface area contributed by atoms with Gasteiger partial charge in [0.25, 0.3) is 0 Å². The third kappa shape index (κ3) is 2.15. The van der Waals surface area contributed by atoms with Crippen molar-refractivity contribution in [3.05, 3.63) is 55.1 Å². The van der Waals surface area contributed by atoms with Crippen molar-refractivity contribution >= 4 is 11.0 Å². The number of nitrogens with zero attached hydrogens (tertiary/aromatic N) is 5. The Morgan fingerprint density at radius 2 is 2.04 bits per heavy atom. The van der Waals surface area contributed by atoms with Crippen molar-refractivity contribution in [3.8, 4) is 22.8 Å². The molecule has 3 heterocycles. The van der Waals surface area contributed by atoms with Crippen LogP contribution in [0.1, 0.15) is 0 Å². The molecular formula is C17H15N5O. The van der Waals surface area contributed by atoms with Gasteiger partial charge in [0, 0.05) is 31.7 Å². The number of rotatable bonds is 3. The highest BCUT2D eigenvalue weighted by Crippen LogP contribution is 2.32. The summed E-state index contributed by atoms with van der Waals surface area (Å²) in [7, 11) is 3.64. The van der Waals surface area contributed by atoms with Gasteiger partial charge in [-0.2, -0.15) is 5.10 Å². The van der Waals surface area contributed by atoms with E-state index >= 15 is 0 Å². The summed E-state index contributed by atoms with van der Waals surface area (Å²) in [5.41, 5.74) is 3.77. The largest absolute Gasteiger partial charge is 0.496 e. The number of hydrogen-bond donors (Lipinski definition) is 0. The number of methoxy groups -OCH3 is 1. The van der Waals surface area contributed by atoms with Gasteiger partial charge in [0.05, 0.1) is 35.6 Å². The summed E-state index contributed by atoms with van der Waals surface area (Å²) in [6.07, 6.45) is 7.21. The molecular weight excluding hydrogens is 290 g/mol. The maximum atomic E-state index is 5.58. The minimum absolute atomic E-state index is 0.754. The molecule has 0 radical (unpaired) electrons. The van der Waals surface area contributed by atoms with E-state index in [2.05, 4.69) is 10.1 Å². The second-order valence-corrected chi connectivity index (χ2v) is 5.19. The van der Waals surface area contributed by atoms with Crippen molar-refractivity contribution in [2.75, 3.05) is 7.11 Å². The van der Waals surface area contributed by atoms with E-state index in [1.54, 1.807) is 24.2 Å². The fourth-order valence-electron chi connectivity index (χ4n) is 2.70. The van der Waals surface area contributed by atoms with Crippen LogP contribution in [-0.2, 0) is 7.05 Å². The van der Waals surface area contributed by atoms with Gasteiger partial charge in [-0.3, -0.25) is 4.98 Å². The zero-order chi connectivity index (χ0) is 15.8. The van der Waals surface area contributed by atoms with Crippen LogP contribution in [0.3, 0.4) is 0 Å². The Balaban J connectivity index is 1.89. The van der Waals surface area contributed by atoms with Crippen LogP contribution in [0.5, 0.6) is 5.75 Å². The summed E-state index contributed by atoms with van der Waals surface area (Å²) in [6.45, 7) is 0. The number of ether oxygens (including phenoxy) is 1. The van der Waals surface area contributed by atoms with Crippen LogP contribution in [-0.4, -0.2) is 31.4 Å². The molecule has 6 nitrogen and oxygen atoms in total. The Hall–Kier alpha value is -3.15. The summed E-state index contributed by atoms with van der Waals surface area (Å²) >= 11 is 0. The minimum Gasteiger partial charge on any atom is -0.496 e. The maximum absolute atomic E-state index is 5.58. The third-order valence-electron chi connectivity index (χ3n) is 3.88. The van der Waals surface area contributed by atoms with Crippen molar-refractivity contribution < 1.29 is 4.74 Å². The lowest BCUT2D eigenvalue weighted by Crippen LogP contribution is -1.99. The standard InChI is InChI=1S/C17H15N5O/c1-21-15-11-18-8-6-14(15)20-17(21)13-5-4-12(10-16(13)23-2)22-9-3-7-19-22/h3-11H,1-2H3. The molecule has 1 aromatic carbocycles. The van der Waals surface area contributed by atoms with E-state index < -0.39 is 0 Å². The number of aryl methyl sites for hydroxylation is 1. The first-order valence-corrected chi connectivity index (χ1v) is 7.23. The first kappa shape index (κ1) is 13.5. The van der Waals surface area contributed by atoms with E-state index in [1.807, 2.05) is 54.3 Å². The Labute approximate surface area is 133 Å². The molecule has 0 bridgehead atoms. The average Bonchev–Trinajstić information content (AvgIpc) is 3.23. The summed E-state index contributed by atoms with van der Waals surface area (Å²) in [5.74, 6) is 1.60. The van der Waals surface area contributed by atoms with Crippen molar-refractivity contribution in [1.29, 1.82) is 0 Å².